The van der Waals surface area contributed by atoms with Crippen molar-refractivity contribution >= 4 is 46.6 Å². The number of carbonyl (C=O) groups is 4. The Labute approximate surface area is 234 Å². The number of anilines is 2. The Morgan fingerprint density at radius 2 is 1.18 bits per heavy atom. The van der Waals surface area contributed by atoms with Gasteiger partial charge in [-0.25, -0.2) is 4.79 Å². The van der Waals surface area contributed by atoms with Crippen molar-refractivity contribution < 1.29 is 23.9 Å². The fourth-order valence-electron chi connectivity index (χ4n) is 4.78. The number of hydrogen-bond donors (Lipinski definition) is 2. The van der Waals surface area contributed by atoms with Crippen LogP contribution in [0, 0.1) is 0 Å². The van der Waals surface area contributed by atoms with Crippen LogP contribution in [0.25, 0.3) is 0 Å². The Hall–Kier alpha value is -4.28. The van der Waals surface area contributed by atoms with Crippen LogP contribution < -0.4 is 10.6 Å². The number of amides is 4. The van der Waals surface area contributed by atoms with E-state index in [-0.39, 0.29) is 17.7 Å². The van der Waals surface area contributed by atoms with E-state index >= 15 is 0 Å². The lowest BCUT2D eigenvalue weighted by Gasteiger charge is -2.28. The smallest absolute Gasteiger partial charge is 0.410 e. The number of azo groups is 1. The molecular formula is C29H36N6O5. The highest BCUT2D eigenvalue weighted by atomic mass is 16.6. The second kappa shape index (κ2) is 12.3. The summed E-state index contributed by atoms with van der Waals surface area (Å²) < 4.78 is 5.44. The lowest BCUT2D eigenvalue weighted by Crippen LogP contribution is -2.45. The summed E-state index contributed by atoms with van der Waals surface area (Å²) >= 11 is 0. The topological polar surface area (TPSA) is 133 Å². The maximum Gasteiger partial charge on any atom is 0.410 e. The van der Waals surface area contributed by atoms with E-state index in [1.807, 2.05) is 0 Å². The molecule has 0 radical (unpaired) electrons. The van der Waals surface area contributed by atoms with Gasteiger partial charge in [0, 0.05) is 31.4 Å². The van der Waals surface area contributed by atoms with Gasteiger partial charge >= 0.3 is 6.09 Å². The molecule has 2 fully saturated rings. The maximum atomic E-state index is 12.9. The molecule has 2 aliphatic rings. The molecule has 0 saturated carbocycles. The van der Waals surface area contributed by atoms with Crippen molar-refractivity contribution in [2.45, 2.75) is 71.1 Å². The number of benzene rings is 2. The zero-order valence-corrected chi connectivity index (χ0v) is 23.3. The first-order valence-corrected chi connectivity index (χ1v) is 13.5. The monoisotopic (exact) mass is 548 g/mol. The second-order valence-corrected chi connectivity index (χ2v) is 11.0. The number of hydrogen-bond acceptors (Lipinski definition) is 7. The van der Waals surface area contributed by atoms with E-state index in [0.717, 1.165) is 12.8 Å². The summed E-state index contributed by atoms with van der Waals surface area (Å²) in [5.41, 5.74) is 1.78. The summed E-state index contributed by atoms with van der Waals surface area (Å²) in [6.07, 6.45) is 2.31. The van der Waals surface area contributed by atoms with E-state index in [9.17, 15) is 19.2 Å². The normalized spacial score (nSPS) is 19.1. The molecule has 2 aliphatic heterocycles. The molecular weight excluding hydrogens is 512 g/mol. The Morgan fingerprint density at radius 3 is 1.60 bits per heavy atom. The predicted octanol–water partition coefficient (Wildman–Crippen LogP) is 5.39. The SMILES string of the molecule is CC(=O)N1CCCC1C(=O)Nc1ccc(/N=N/c2ccc(NC(=O)C3CCCN3C(=O)OC(C)(C)C)cc2)cc1. The van der Waals surface area contributed by atoms with Gasteiger partial charge in [0.25, 0.3) is 0 Å². The van der Waals surface area contributed by atoms with Crippen molar-refractivity contribution in [3.63, 3.8) is 0 Å². The molecule has 0 spiro atoms. The molecule has 4 rings (SSSR count). The van der Waals surface area contributed by atoms with Crippen LogP contribution >= 0.6 is 0 Å². The number of ether oxygens (including phenoxy) is 1. The van der Waals surface area contributed by atoms with Crippen LogP contribution in [-0.4, -0.2) is 64.4 Å². The minimum Gasteiger partial charge on any atom is -0.444 e. The van der Waals surface area contributed by atoms with E-state index in [1.54, 1.807) is 74.2 Å². The van der Waals surface area contributed by atoms with E-state index in [2.05, 4.69) is 20.9 Å². The fraction of sp³-hybridized carbons (Fsp3) is 0.448. The van der Waals surface area contributed by atoms with Crippen LogP contribution in [0.1, 0.15) is 53.4 Å². The Kier molecular flexibility index (Phi) is 8.81. The summed E-state index contributed by atoms with van der Waals surface area (Å²) in [4.78, 5) is 52.7. The van der Waals surface area contributed by atoms with Crippen LogP contribution in [0.15, 0.2) is 58.8 Å². The summed E-state index contributed by atoms with van der Waals surface area (Å²) in [7, 11) is 0. The van der Waals surface area contributed by atoms with Gasteiger partial charge in [-0.3, -0.25) is 19.3 Å². The first-order chi connectivity index (χ1) is 19.0. The lowest BCUT2D eigenvalue weighted by molar-refractivity contribution is -0.134. The molecule has 2 heterocycles. The molecule has 2 atom stereocenters. The van der Waals surface area contributed by atoms with Crippen LogP contribution in [0.3, 0.4) is 0 Å². The molecule has 0 bridgehead atoms. The summed E-state index contributed by atoms with van der Waals surface area (Å²) in [5, 5.41) is 14.2. The van der Waals surface area contributed by atoms with Gasteiger partial charge in [0.15, 0.2) is 0 Å². The third-order valence-corrected chi connectivity index (χ3v) is 6.69. The van der Waals surface area contributed by atoms with Gasteiger partial charge in [-0.2, -0.15) is 10.2 Å². The van der Waals surface area contributed by atoms with Crippen molar-refractivity contribution in [1.82, 2.24) is 9.80 Å². The van der Waals surface area contributed by atoms with Gasteiger partial charge in [0.05, 0.1) is 11.4 Å². The quantitative estimate of drug-likeness (QED) is 0.467. The van der Waals surface area contributed by atoms with Gasteiger partial charge in [-0.05, 0) is 95.0 Å². The molecule has 11 heteroatoms. The number of likely N-dealkylation sites (tertiary alicyclic amines) is 2. The largest absolute Gasteiger partial charge is 0.444 e. The third kappa shape index (κ3) is 7.43. The first-order valence-electron chi connectivity index (χ1n) is 13.5. The summed E-state index contributed by atoms with van der Waals surface area (Å²) in [6, 6.07) is 12.9. The highest BCUT2D eigenvalue weighted by molar-refractivity contribution is 5.98. The number of nitrogens with one attached hydrogen (secondary N) is 2. The van der Waals surface area contributed by atoms with Crippen LogP contribution in [0.5, 0.6) is 0 Å². The lowest BCUT2D eigenvalue weighted by atomic mass is 10.2. The van der Waals surface area contributed by atoms with Gasteiger partial charge in [-0.15, -0.1) is 0 Å². The highest BCUT2D eigenvalue weighted by Gasteiger charge is 2.36. The van der Waals surface area contributed by atoms with Gasteiger partial charge in [0.1, 0.15) is 17.7 Å². The van der Waals surface area contributed by atoms with Gasteiger partial charge < -0.3 is 20.3 Å². The minimum absolute atomic E-state index is 0.0949. The molecule has 2 saturated heterocycles. The van der Waals surface area contributed by atoms with E-state index in [1.165, 1.54) is 11.8 Å². The molecule has 40 heavy (non-hydrogen) atoms. The molecule has 0 aliphatic carbocycles. The minimum atomic E-state index is -0.627. The fourth-order valence-corrected chi connectivity index (χ4v) is 4.78. The molecule has 2 N–H and O–H groups in total. The van der Waals surface area contributed by atoms with E-state index in [0.29, 0.717) is 48.7 Å². The molecule has 212 valence electrons. The van der Waals surface area contributed by atoms with Gasteiger partial charge in [0.2, 0.25) is 17.7 Å². The molecule has 0 aromatic heterocycles. The van der Waals surface area contributed by atoms with Crippen LogP contribution in [0.2, 0.25) is 0 Å². The average molecular weight is 549 g/mol. The molecule has 2 aromatic rings. The summed E-state index contributed by atoms with van der Waals surface area (Å²) in [6.45, 7) is 7.96. The van der Waals surface area contributed by atoms with Crippen molar-refractivity contribution in [2.24, 2.45) is 10.2 Å². The standard InChI is InChI=1S/C29H36N6O5/c1-19(36)34-17-5-7-24(34)26(37)30-20-9-13-22(14-10-20)32-33-23-15-11-21(12-16-23)31-27(38)25-8-6-18-35(25)28(39)40-29(2,3)4/h9-16,24-25H,5-8,17-18H2,1-4H3,(H,30,37)(H,31,38)/b33-32+. The van der Waals surface area contributed by atoms with Crippen molar-refractivity contribution in [1.29, 1.82) is 0 Å². The average Bonchev–Trinajstić information content (AvgIpc) is 3.59. The van der Waals surface area contributed by atoms with Crippen molar-refractivity contribution in [3.05, 3.63) is 48.5 Å². The van der Waals surface area contributed by atoms with Gasteiger partial charge in [-0.1, -0.05) is 0 Å². The molecule has 11 nitrogen and oxygen atoms in total. The number of rotatable bonds is 6. The number of carbonyl (C=O) groups excluding carboxylic acids is 4. The first kappa shape index (κ1) is 28.7. The molecule has 4 amide bonds. The second-order valence-electron chi connectivity index (χ2n) is 11.0. The van der Waals surface area contributed by atoms with Crippen molar-refractivity contribution in [3.8, 4) is 0 Å². The van der Waals surface area contributed by atoms with E-state index < -0.39 is 23.8 Å². The Balaban J connectivity index is 1.29. The molecule has 2 aromatic carbocycles. The summed E-state index contributed by atoms with van der Waals surface area (Å²) in [5.74, 6) is -0.547. The molecule has 2 unspecified atom stereocenters. The van der Waals surface area contributed by atoms with Crippen LogP contribution in [-0.2, 0) is 19.1 Å². The number of nitrogens with zero attached hydrogens (tertiary/aromatic N) is 4. The Morgan fingerprint density at radius 1 is 0.750 bits per heavy atom. The highest BCUT2D eigenvalue weighted by Crippen LogP contribution is 2.25. The third-order valence-electron chi connectivity index (χ3n) is 6.69. The van der Waals surface area contributed by atoms with Crippen molar-refractivity contribution in [2.75, 3.05) is 23.7 Å². The Bertz CT molecular complexity index is 1270. The van der Waals surface area contributed by atoms with Crippen LogP contribution in [0.4, 0.5) is 27.5 Å². The predicted molar refractivity (Wildman–Crippen MR) is 151 cm³/mol. The zero-order chi connectivity index (χ0) is 28.9. The van der Waals surface area contributed by atoms with E-state index in [4.69, 9.17) is 4.74 Å². The maximum absolute atomic E-state index is 12.9. The zero-order valence-electron chi connectivity index (χ0n) is 23.3.